The van der Waals surface area contributed by atoms with Crippen LogP contribution in [0.15, 0.2) is 30.3 Å². The quantitative estimate of drug-likeness (QED) is 0.409. The Morgan fingerprint density at radius 1 is 1.30 bits per heavy atom. The molecule has 0 spiro atoms. The molecule has 1 unspecified atom stereocenters. The van der Waals surface area contributed by atoms with Crippen molar-refractivity contribution < 1.29 is 27.3 Å². The minimum absolute atomic E-state index is 0.0695. The van der Waals surface area contributed by atoms with Crippen LogP contribution in [0.3, 0.4) is 0 Å². The molecule has 0 aliphatic rings. The van der Waals surface area contributed by atoms with E-state index in [0.29, 0.717) is 5.56 Å². The molecule has 0 aliphatic heterocycles. The molecule has 1 aromatic rings. The fourth-order valence-corrected chi connectivity index (χ4v) is 2.52. The topological polar surface area (TPSA) is 110 Å². The Morgan fingerprint density at radius 3 is 2.43 bits per heavy atom. The monoisotopic (exact) mass is 363 g/mol. The molecule has 2 atom stereocenters. The molecule has 23 heavy (non-hydrogen) atoms. The summed E-state index contributed by atoms with van der Waals surface area (Å²) in [7, 11) is -4.27. The van der Waals surface area contributed by atoms with Gasteiger partial charge >= 0.3 is 5.97 Å². The highest BCUT2D eigenvalue weighted by Gasteiger charge is 2.27. The van der Waals surface area contributed by atoms with Crippen LogP contribution in [0.25, 0.3) is 0 Å². The second kappa shape index (κ2) is 8.85. The molecule has 1 amide bonds. The molecule has 0 aromatic heterocycles. The first-order chi connectivity index (χ1) is 10.7. The van der Waals surface area contributed by atoms with Gasteiger partial charge in [-0.2, -0.15) is 8.42 Å². The Labute approximate surface area is 139 Å². The molecule has 0 bridgehead atoms. The van der Waals surface area contributed by atoms with Crippen molar-refractivity contribution in [1.29, 1.82) is 0 Å². The van der Waals surface area contributed by atoms with Crippen molar-refractivity contribution in [2.24, 2.45) is 0 Å². The van der Waals surface area contributed by atoms with Crippen LogP contribution in [0.2, 0.25) is 0 Å². The molecule has 0 saturated heterocycles. The third kappa shape index (κ3) is 6.98. The summed E-state index contributed by atoms with van der Waals surface area (Å²) in [5.41, 5.74) is 0.532. The molecule has 0 fully saturated rings. The van der Waals surface area contributed by atoms with E-state index in [2.05, 4.69) is 5.32 Å². The van der Waals surface area contributed by atoms with Crippen LogP contribution in [0.5, 0.6) is 0 Å². The van der Waals surface area contributed by atoms with Gasteiger partial charge in [-0.1, -0.05) is 30.3 Å². The maximum absolute atomic E-state index is 12.1. The molecule has 9 heteroatoms. The number of benzene rings is 1. The van der Waals surface area contributed by atoms with Crippen LogP contribution >= 0.6 is 11.6 Å². The summed E-state index contributed by atoms with van der Waals surface area (Å²) >= 11 is 6.04. The van der Waals surface area contributed by atoms with E-state index < -0.39 is 39.2 Å². The average molecular weight is 364 g/mol. The minimum Gasteiger partial charge on any atom is -0.464 e. The highest BCUT2D eigenvalue weighted by Crippen LogP contribution is 2.20. The van der Waals surface area contributed by atoms with E-state index in [1.807, 2.05) is 0 Å². The summed E-state index contributed by atoms with van der Waals surface area (Å²) < 4.78 is 35.2. The Morgan fingerprint density at radius 2 is 1.91 bits per heavy atom. The minimum atomic E-state index is -4.27. The molecular weight excluding hydrogens is 346 g/mol. The van der Waals surface area contributed by atoms with Crippen LogP contribution in [0.1, 0.15) is 24.3 Å². The van der Waals surface area contributed by atoms with Gasteiger partial charge in [-0.3, -0.25) is 9.35 Å². The Kier molecular flexibility index (Phi) is 7.47. The van der Waals surface area contributed by atoms with Crippen LogP contribution in [0.4, 0.5) is 0 Å². The van der Waals surface area contributed by atoms with Gasteiger partial charge in [0, 0.05) is 0 Å². The van der Waals surface area contributed by atoms with Crippen molar-refractivity contribution >= 4 is 33.6 Å². The fourth-order valence-electron chi connectivity index (χ4n) is 1.78. The molecule has 0 saturated carbocycles. The molecule has 2 N–H and O–H groups in total. The number of halogens is 1. The lowest BCUT2D eigenvalue weighted by Crippen LogP contribution is -2.44. The van der Waals surface area contributed by atoms with Crippen molar-refractivity contribution in [2.75, 3.05) is 12.4 Å². The molecule has 0 aliphatic carbocycles. The summed E-state index contributed by atoms with van der Waals surface area (Å²) in [4.78, 5) is 23.9. The van der Waals surface area contributed by atoms with E-state index in [-0.39, 0.29) is 13.0 Å². The number of hydrogen-bond donors (Lipinski definition) is 2. The number of ether oxygens (including phenoxy) is 1. The Hall–Kier alpha value is -1.64. The van der Waals surface area contributed by atoms with Gasteiger partial charge in [-0.25, -0.2) is 4.79 Å². The van der Waals surface area contributed by atoms with Gasteiger partial charge in [-0.05, 0) is 18.9 Å². The van der Waals surface area contributed by atoms with Crippen LogP contribution in [-0.2, 0) is 24.4 Å². The standard InChI is InChI=1S/C14H18ClNO6S/c1-2-22-14(18)11(8-9-23(19,20)21)16-13(17)12(15)10-6-4-3-5-7-10/h3-7,11-12H,2,8-9H2,1H3,(H,16,17)(H,19,20,21)/t11-,12?/m0/s1. The zero-order valence-corrected chi connectivity index (χ0v) is 14.0. The lowest BCUT2D eigenvalue weighted by Gasteiger charge is -2.18. The van der Waals surface area contributed by atoms with Crippen LogP contribution in [-0.4, -0.2) is 43.2 Å². The number of esters is 1. The molecule has 7 nitrogen and oxygen atoms in total. The molecular formula is C14H18ClNO6S. The van der Waals surface area contributed by atoms with E-state index in [1.54, 1.807) is 37.3 Å². The summed E-state index contributed by atoms with van der Waals surface area (Å²) in [6.45, 7) is 1.65. The van der Waals surface area contributed by atoms with Crippen molar-refractivity contribution in [2.45, 2.75) is 24.8 Å². The molecule has 1 rings (SSSR count). The zero-order valence-electron chi connectivity index (χ0n) is 12.4. The van der Waals surface area contributed by atoms with Crippen LogP contribution in [0, 0.1) is 0 Å². The predicted octanol–water partition coefficient (Wildman–Crippen LogP) is 1.29. The molecule has 1 aromatic carbocycles. The number of carbonyl (C=O) groups is 2. The van der Waals surface area contributed by atoms with Gasteiger partial charge in [0.2, 0.25) is 5.91 Å². The van der Waals surface area contributed by atoms with E-state index in [1.165, 1.54) is 0 Å². The number of rotatable bonds is 8. The second-order valence-electron chi connectivity index (χ2n) is 4.66. The fraction of sp³-hybridized carbons (Fsp3) is 0.429. The predicted molar refractivity (Wildman–Crippen MR) is 84.6 cm³/mol. The average Bonchev–Trinajstić information content (AvgIpc) is 2.50. The molecule has 0 heterocycles. The summed E-state index contributed by atoms with van der Waals surface area (Å²) in [5, 5.41) is 1.31. The largest absolute Gasteiger partial charge is 0.464 e. The summed E-state index contributed by atoms with van der Waals surface area (Å²) in [5.74, 6) is -2.14. The summed E-state index contributed by atoms with van der Waals surface area (Å²) in [6, 6.07) is 7.26. The van der Waals surface area contributed by atoms with E-state index in [9.17, 15) is 18.0 Å². The molecule has 0 radical (unpaired) electrons. The maximum Gasteiger partial charge on any atom is 0.328 e. The first-order valence-corrected chi connectivity index (χ1v) is 8.90. The highest BCUT2D eigenvalue weighted by molar-refractivity contribution is 7.85. The first-order valence-electron chi connectivity index (χ1n) is 6.85. The highest BCUT2D eigenvalue weighted by atomic mass is 35.5. The van der Waals surface area contributed by atoms with Gasteiger partial charge in [-0.15, -0.1) is 11.6 Å². The smallest absolute Gasteiger partial charge is 0.328 e. The lowest BCUT2D eigenvalue weighted by molar-refractivity contribution is -0.147. The summed E-state index contributed by atoms with van der Waals surface area (Å²) in [6.07, 6.45) is -0.318. The third-order valence-corrected chi connectivity index (χ3v) is 4.08. The number of amides is 1. The van der Waals surface area contributed by atoms with Crippen molar-refractivity contribution in [1.82, 2.24) is 5.32 Å². The van der Waals surface area contributed by atoms with Gasteiger partial charge < -0.3 is 10.1 Å². The number of nitrogens with one attached hydrogen (secondary N) is 1. The SMILES string of the molecule is CCOC(=O)[C@H](CCS(=O)(=O)O)NC(=O)C(Cl)c1ccccc1. The Balaban J connectivity index is 2.78. The van der Waals surface area contributed by atoms with Gasteiger partial charge in [0.25, 0.3) is 10.1 Å². The van der Waals surface area contributed by atoms with Crippen molar-refractivity contribution in [3.63, 3.8) is 0 Å². The normalized spacial score (nSPS) is 13.9. The van der Waals surface area contributed by atoms with Crippen molar-refractivity contribution in [3.8, 4) is 0 Å². The van der Waals surface area contributed by atoms with Crippen LogP contribution < -0.4 is 5.32 Å². The van der Waals surface area contributed by atoms with Gasteiger partial charge in [0.1, 0.15) is 11.4 Å². The van der Waals surface area contributed by atoms with E-state index in [4.69, 9.17) is 20.9 Å². The maximum atomic E-state index is 12.1. The zero-order chi connectivity index (χ0) is 17.5. The third-order valence-electron chi connectivity index (χ3n) is 2.87. The Bertz CT molecular complexity index is 634. The van der Waals surface area contributed by atoms with E-state index in [0.717, 1.165) is 0 Å². The first kappa shape index (κ1) is 19.4. The lowest BCUT2D eigenvalue weighted by atomic mass is 10.1. The van der Waals surface area contributed by atoms with Crippen molar-refractivity contribution in [3.05, 3.63) is 35.9 Å². The van der Waals surface area contributed by atoms with Gasteiger partial charge in [0.05, 0.1) is 12.4 Å². The number of hydrogen-bond acceptors (Lipinski definition) is 5. The van der Waals surface area contributed by atoms with E-state index >= 15 is 0 Å². The van der Waals surface area contributed by atoms with Gasteiger partial charge in [0.15, 0.2) is 0 Å². The number of carbonyl (C=O) groups excluding carboxylic acids is 2. The molecule has 128 valence electrons. The number of alkyl halides is 1. The second-order valence-corrected chi connectivity index (χ2v) is 6.67.